The maximum Gasteiger partial charge on any atom is 0.254 e. The van der Waals surface area contributed by atoms with Crippen LogP contribution >= 0.6 is 11.8 Å². The Labute approximate surface area is 161 Å². The summed E-state index contributed by atoms with van der Waals surface area (Å²) in [5.74, 6) is 0.647. The zero-order valence-electron chi connectivity index (χ0n) is 14.7. The Hall–Kier alpha value is -3.35. The van der Waals surface area contributed by atoms with Gasteiger partial charge in [-0.15, -0.1) is 0 Å². The molecule has 1 heterocycles. The van der Waals surface area contributed by atoms with E-state index < -0.39 is 0 Å². The second-order valence-corrected chi connectivity index (χ2v) is 6.99. The van der Waals surface area contributed by atoms with Crippen molar-refractivity contribution in [2.24, 2.45) is 0 Å². The van der Waals surface area contributed by atoms with Gasteiger partial charge in [-0.3, -0.25) is 4.79 Å². The van der Waals surface area contributed by atoms with Gasteiger partial charge in [0.1, 0.15) is 0 Å². The van der Waals surface area contributed by atoms with E-state index in [1.165, 1.54) is 11.8 Å². The lowest BCUT2D eigenvalue weighted by Crippen LogP contribution is -2.16. The number of nitrogens with one attached hydrogen (secondary N) is 1. The minimum absolute atomic E-state index is 0.143. The highest BCUT2D eigenvalue weighted by molar-refractivity contribution is 7.98. The molecule has 0 bridgehead atoms. The quantitative estimate of drug-likeness (QED) is 0.544. The van der Waals surface area contributed by atoms with Crippen molar-refractivity contribution in [1.82, 2.24) is 9.97 Å². The number of nitriles is 2. The molecular formula is C21H16N4OS. The number of rotatable bonds is 5. The lowest BCUT2D eigenvalue weighted by Gasteiger charge is -2.08. The number of thioether (sulfide) groups is 1. The SMILES string of the molecule is Cc1c(Cc2ccc(C#N)cc2)nc(SCc2ccc(C#N)cc2)[nH]c1=O. The molecule has 0 fully saturated rings. The molecule has 0 aliphatic rings. The van der Waals surface area contributed by atoms with Crippen molar-refractivity contribution >= 4 is 11.8 Å². The van der Waals surface area contributed by atoms with Crippen molar-refractivity contribution < 1.29 is 0 Å². The minimum Gasteiger partial charge on any atom is -0.301 e. The van der Waals surface area contributed by atoms with Gasteiger partial charge in [0.05, 0.1) is 29.0 Å². The number of H-pyrrole nitrogens is 1. The third-order valence-corrected chi connectivity index (χ3v) is 5.09. The van der Waals surface area contributed by atoms with Crippen LogP contribution in [-0.2, 0) is 12.2 Å². The van der Waals surface area contributed by atoms with Gasteiger partial charge < -0.3 is 4.98 Å². The zero-order chi connectivity index (χ0) is 19.2. The van der Waals surface area contributed by atoms with Crippen LogP contribution in [0.3, 0.4) is 0 Å². The summed E-state index contributed by atoms with van der Waals surface area (Å²) in [6, 6.07) is 18.8. The second-order valence-electron chi connectivity index (χ2n) is 6.03. The van der Waals surface area contributed by atoms with E-state index >= 15 is 0 Å². The first-order chi connectivity index (χ1) is 13.1. The van der Waals surface area contributed by atoms with E-state index in [4.69, 9.17) is 10.5 Å². The molecule has 0 saturated heterocycles. The van der Waals surface area contributed by atoms with Gasteiger partial charge in [0.2, 0.25) is 0 Å². The molecular weight excluding hydrogens is 356 g/mol. The Morgan fingerprint density at radius 3 is 2.07 bits per heavy atom. The molecule has 3 rings (SSSR count). The highest BCUT2D eigenvalue weighted by Gasteiger charge is 2.09. The summed E-state index contributed by atoms with van der Waals surface area (Å²) in [7, 11) is 0. The van der Waals surface area contributed by atoms with Crippen LogP contribution in [-0.4, -0.2) is 9.97 Å². The topological polar surface area (TPSA) is 93.3 Å². The number of benzene rings is 2. The van der Waals surface area contributed by atoms with E-state index in [1.807, 2.05) is 24.3 Å². The average Bonchev–Trinajstić information content (AvgIpc) is 2.71. The normalized spacial score (nSPS) is 10.2. The molecule has 0 radical (unpaired) electrons. The zero-order valence-corrected chi connectivity index (χ0v) is 15.5. The van der Waals surface area contributed by atoms with Crippen molar-refractivity contribution in [1.29, 1.82) is 10.5 Å². The van der Waals surface area contributed by atoms with Gasteiger partial charge in [0.15, 0.2) is 5.16 Å². The molecule has 0 atom stereocenters. The lowest BCUT2D eigenvalue weighted by atomic mass is 10.1. The van der Waals surface area contributed by atoms with Gasteiger partial charge in [-0.1, -0.05) is 36.0 Å². The van der Waals surface area contributed by atoms with E-state index in [9.17, 15) is 4.79 Å². The number of nitrogens with zero attached hydrogens (tertiary/aromatic N) is 3. The Bertz CT molecular complexity index is 1090. The van der Waals surface area contributed by atoms with E-state index in [1.54, 1.807) is 31.2 Å². The van der Waals surface area contributed by atoms with Crippen LogP contribution in [0, 0.1) is 29.6 Å². The molecule has 6 heteroatoms. The van der Waals surface area contributed by atoms with Gasteiger partial charge in [-0.05, 0) is 42.3 Å². The first kappa shape index (κ1) is 18.4. The third-order valence-electron chi connectivity index (χ3n) is 4.14. The first-order valence-electron chi connectivity index (χ1n) is 8.29. The Kier molecular flexibility index (Phi) is 5.71. The fourth-order valence-electron chi connectivity index (χ4n) is 2.51. The summed E-state index contributed by atoms with van der Waals surface area (Å²) in [5, 5.41) is 18.3. The first-order valence-corrected chi connectivity index (χ1v) is 9.28. The van der Waals surface area contributed by atoms with Gasteiger partial charge in [-0.2, -0.15) is 10.5 Å². The smallest absolute Gasteiger partial charge is 0.254 e. The van der Waals surface area contributed by atoms with E-state index in [2.05, 4.69) is 22.1 Å². The number of aromatic nitrogens is 2. The summed E-state index contributed by atoms with van der Waals surface area (Å²) < 4.78 is 0. The number of hydrogen-bond donors (Lipinski definition) is 1. The molecule has 1 N–H and O–H groups in total. The second kappa shape index (κ2) is 8.35. The van der Waals surface area contributed by atoms with Gasteiger partial charge in [-0.25, -0.2) is 4.98 Å². The molecule has 5 nitrogen and oxygen atoms in total. The van der Waals surface area contributed by atoms with Gasteiger partial charge in [0.25, 0.3) is 5.56 Å². The van der Waals surface area contributed by atoms with Crippen molar-refractivity contribution in [3.05, 3.63) is 92.4 Å². The van der Waals surface area contributed by atoms with Crippen LogP contribution in [0.15, 0.2) is 58.5 Å². The van der Waals surface area contributed by atoms with E-state index in [-0.39, 0.29) is 5.56 Å². The highest BCUT2D eigenvalue weighted by Crippen LogP contribution is 2.20. The molecule has 2 aromatic carbocycles. The van der Waals surface area contributed by atoms with E-state index in [0.717, 1.165) is 16.8 Å². The predicted molar refractivity (Wildman–Crippen MR) is 104 cm³/mol. The molecule has 0 saturated carbocycles. The number of hydrogen-bond acceptors (Lipinski definition) is 5. The molecule has 1 aromatic heterocycles. The maximum atomic E-state index is 12.3. The van der Waals surface area contributed by atoms with Gasteiger partial charge in [0, 0.05) is 17.7 Å². The Balaban J connectivity index is 1.77. The van der Waals surface area contributed by atoms with Crippen molar-refractivity contribution in [3.8, 4) is 12.1 Å². The van der Waals surface area contributed by atoms with Crippen molar-refractivity contribution in [2.45, 2.75) is 24.3 Å². The standard InChI is InChI=1S/C21H16N4OS/c1-14-19(10-15-2-4-16(11-22)5-3-15)24-21(25-20(14)26)27-13-18-8-6-17(12-23)7-9-18/h2-9H,10,13H2,1H3,(H,24,25,26). The molecule has 0 spiro atoms. The molecule has 0 aliphatic carbocycles. The Morgan fingerprint density at radius 1 is 0.963 bits per heavy atom. The third kappa shape index (κ3) is 4.63. The summed E-state index contributed by atoms with van der Waals surface area (Å²) >= 11 is 1.45. The van der Waals surface area contributed by atoms with E-state index in [0.29, 0.717) is 34.0 Å². The summed E-state index contributed by atoms with van der Waals surface area (Å²) in [5.41, 5.74) is 4.46. The molecule has 27 heavy (non-hydrogen) atoms. The van der Waals surface area contributed by atoms with Crippen molar-refractivity contribution in [3.63, 3.8) is 0 Å². The van der Waals surface area contributed by atoms with Crippen LogP contribution in [0.4, 0.5) is 0 Å². The fraction of sp³-hybridized carbons (Fsp3) is 0.143. The Morgan fingerprint density at radius 2 is 1.52 bits per heavy atom. The maximum absolute atomic E-state index is 12.3. The summed E-state index contributed by atoms with van der Waals surface area (Å²) in [6.45, 7) is 1.76. The highest BCUT2D eigenvalue weighted by atomic mass is 32.2. The summed E-state index contributed by atoms with van der Waals surface area (Å²) in [6.07, 6.45) is 0.534. The molecule has 0 amide bonds. The van der Waals surface area contributed by atoms with Crippen molar-refractivity contribution in [2.75, 3.05) is 0 Å². The largest absolute Gasteiger partial charge is 0.301 e. The van der Waals surface area contributed by atoms with Crippen LogP contribution in [0.5, 0.6) is 0 Å². The fourth-order valence-corrected chi connectivity index (χ4v) is 3.35. The van der Waals surface area contributed by atoms with Crippen LogP contribution in [0.1, 0.15) is 33.5 Å². The predicted octanol–water partition coefficient (Wildman–Crippen LogP) is 3.70. The molecule has 3 aromatic rings. The van der Waals surface area contributed by atoms with Crippen LogP contribution in [0.25, 0.3) is 0 Å². The summed E-state index contributed by atoms with van der Waals surface area (Å²) in [4.78, 5) is 19.7. The molecule has 0 unspecified atom stereocenters. The van der Waals surface area contributed by atoms with Gasteiger partial charge >= 0.3 is 0 Å². The monoisotopic (exact) mass is 372 g/mol. The molecule has 0 aliphatic heterocycles. The van der Waals surface area contributed by atoms with Crippen LogP contribution < -0.4 is 5.56 Å². The van der Waals surface area contributed by atoms with Crippen LogP contribution in [0.2, 0.25) is 0 Å². The minimum atomic E-state index is -0.143. The average molecular weight is 372 g/mol. The number of aromatic amines is 1. The lowest BCUT2D eigenvalue weighted by molar-refractivity contribution is 0.858. The molecule has 132 valence electrons.